The first-order chi connectivity index (χ1) is 9.12. The first-order valence-corrected chi connectivity index (χ1v) is 7.10. The minimum Gasteiger partial charge on any atom is -0.311 e. The topological polar surface area (TPSA) is 29.1 Å². The van der Waals surface area contributed by atoms with Gasteiger partial charge in [0.15, 0.2) is 0 Å². The Morgan fingerprint density at radius 1 is 1.15 bits per heavy atom. The summed E-state index contributed by atoms with van der Waals surface area (Å²) in [4.78, 5) is 11.8. The van der Waals surface area contributed by atoms with Gasteiger partial charge in [0.25, 0.3) is 0 Å². The number of alkyl halides is 3. The molecule has 0 aromatic heterocycles. The van der Waals surface area contributed by atoms with Crippen molar-refractivity contribution in [2.24, 2.45) is 0 Å². The lowest BCUT2D eigenvalue weighted by Gasteiger charge is -2.29. The fourth-order valence-electron chi connectivity index (χ4n) is 2.07. The highest BCUT2D eigenvalue weighted by molar-refractivity contribution is 8.24. The average molecular weight is 319 g/mol. The largest absolute Gasteiger partial charge is 0.416 e. The highest BCUT2D eigenvalue weighted by Gasteiger charge is 2.42. The van der Waals surface area contributed by atoms with Gasteiger partial charge in [-0.2, -0.15) is 13.2 Å². The molecular weight excluding hydrogens is 307 g/mol. The minimum absolute atomic E-state index is 0.204. The summed E-state index contributed by atoms with van der Waals surface area (Å²) in [5, 5.41) is 2.12. The van der Waals surface area contributed by atoms with Gasteiger partial charge in [-0.15, -0.1) is 0 Å². The lowest BCUT2D eigenvalue weighted by atomic mass is 9.80. The van der Waals surface area contributed by atoms with Crippen molar-refractivity contribution in [2.75, 3.05) is 0 Å². The predicted octanol–water partition coefficient (Wildman–Crippen LogP) is 3.50. The Morgan fingerprint density at radius 3 is 2.05 bits per heavy atom. The number of thioether (sulfide) groups is 1. The Labute approximate surface area is 124 Å². The van der Waals surface area contributed by atoms with E-state index in [0.717, 1.165) is 12.1 Å². The first kappa shape index (κ1) is 15.3. The zero-order valence-electron chi connectivity index (χ0n) is 10.7. The van der Waals surface area contributed by atoms with Crippen LogP contribution in [0, 0.1) is 0 Å². The predicted molar refractivity (Wildman–Crippen MR) is 76.6 cm³/mol. The molecule has 0 radical (unpaired) electrons. The third kappa shape index (κ3) is 2.83. The molecule has 1 N–H and O–H groups in total. The van der Waals surface area contributed by atoms with E-state index >= 15 is 0 Å². The van der Waals surface area contributed by atoms with Crippen LogP contribution in [-0.2, 0) is 16.4 Å². The smallest absolute Gasteiger partial charge is 0.311 e. The van der Waals surface area contributed by atoms with Crippen molar-refractivity contribution in [3.05, 3.63) is 35.4 Å². The first-order valence-electron chi connectivity index (χ1n) is 5.81. The maximum atomic E-state index is 12.5. The molecule has 0 spiro atoms. The second-order valence-corrected chi connectivity index (χ2v) is 6.85. The van der Waals surface area contributed by atoms with E-state index in [2.05, 4.69) is 5.32 Å². The highest BCUT2D eigenvalue weighted by atomic mass is 32.2. The summed E-state index contributed by atoms with van der Waals surface area (Å²) in [6, 6.07) is 4.90. The van der Waals surface area contributed by atoms with Crippen LogP contribution in [0.5, 0.6) is 0 Å². The molecule has 2 nitrogen and oxygen atoms in total. The van der Waals surface area contributed by atoms with Gasteiger partial charge in [-0.25, -0.2) is 0 Å². The summed E-state index contributed by atoms with van der Waals surface area (Å²) in [6.07, 6.45) is -4.36. The monoisotopic (exact) mass is 319 g/mol. The van der Waals surface area contributed by atoms with Crippen molar-refractivity contribution < 1.29 is 18.0 Å². The SMILES string of the molecule is CC(C)(c1ccc(C(F)(F)F)cc1)C1SC(=S)NC1=O. The quantitative estimate of drug-likeness (QED) is 0.846. The molecule has 0 saturated carbocycles. The average Bonchev–Trinajstić information content (AvgIpc) is 2.68. The lowest BCUT2D eigenvalue weighted by Crippen LogP contribution is -2.38. The van der Waals surface area contributed by atoms with Crippen molar-refractivity contribution in [1.29, 1.82) is 0 Å². The van der Waals surface area contributed by atoms with Crippen LogP contribution in [0.4, 0.5) is 13.2 Å². The Morgan fingerprint density at radius 2 is 1.65 bits per heavy atom. The Kier molecular flexibility index (Phi) is 3.85. The number of hydrogen-bond donors (Lipinski definition) is 1. The van der Waals surface area contributed by atoms with Gasteiger partial charge < -0.3 is 5.32 Å². The number of rotatable bonds is 2. The molecule has 1 fully saturated rings. The molecule has 1 aliphatic rings. The van der Waals surface area contributed by atoms with Gasteiger partial charge >= 0.3 is 6.18 Å². The summed E-state index contributed by atoms with van der Waals surface area (Å²) < 4.78 is 38.0. The van der Waals surface area contributed by atoms with Crippen molar-refractivity contribution in [3.63, 3.8) is 0 Å². The Bertz CT molecular complexity index is 552. The Balaban J connectivity index is 2.30. The van der Waals surface area contributed by atoms with Crippen LogP contribution in [0.15, 0.2) is 24.3 Å². The maximum absolute atomic E-state index is 12.5. The van der Waals surface area contributed by atoms with Crippen molar-refractivity contribution in [2.45, 2.75) is 30.7 Å². The van der Waals surface area contributed by atoms with Gasteiger partial charge in [0.2, 0.25) is 5.91 Å². The molecule has 1 amide bonds. The van der Waals surface area contributed by atoms with E-state index in [9.17, 15) is 18.0 Å². The van der Waals surface area contributed by atoms with Gasteiger partial charge in [-0.3, -0.25) is 4.79 Å². The second-order valence-electron chi connectivity index (χ2n) is 5.07. The Hall–Kier alpha value is -1.08. The third-order valence-corrected chi connectivity index (χ3v) is 5.05. The lowest BCUT2D eigenvalue weighted by molar-refractivity contribution is -0.137. The van der Waals surface area contributed by atoms with Crippen molar-refractivity contribution in [3.8, 4) is 0 Å². The molecule has 1 heterocycles. The number of carbonyl (C=O) groups excluding carboxylic acids is 1. The van der Waals surface area contributed by atoms with Gasteiger partial charge in [0.05, 0.1) is 10.8 Å². The van der Waals surface area contributed by atoms with Crippen LogP contribution in [0.2, 0.25) is 0 Å². The zero-order valence-corrected chi connectivity index (χ0v) is 12.4. The molecular formula is C13H12F3NOS2. The van der Waals surface area contributed by atoms with Crippen LogP contribution in [0.3, 0.4) is 0 Å². The molecule has 108 valence electrons. The van der Waals surface area contributed by atoms with Gasteiger partial charge in [-0.05, 0) is 17.7 Å². The van der Waals surface area contributed by atoms with Crippen LogP contribution in [-0.4, -0.2) is 15.5 Å². The van der Waals surface area contributed by atoms with E-state index in [1.54, 1.807) is 0 Å². The maximum Gasteiger partial charge on any atom is 0.416 e. The molecule has 0 bridgehead atoms. The van der Waals surface area contributed by atoms with Crippen LogP contribution < -0.4 is 5.32 Å². The van der Waals surface area contributed by atoms with Crippen LogP contribution in [0.1, 0.15) is 25.0 Å². The van der Waals surface area contributed by atoms with Gasteiger partial charge in [-0.1, -0.05) is 50.0 Å². The van der Waals surface area contributed by atoms with Gasteiger partial charge in [0, 0.05) is 5.41 Å². The molecule has 2 rings (SSSR count). The van der Waals surface area contributed by atoms with E-state index in [1.165, 1.54) is 23.9 Å². The van der Waals surface area contributed by atoms with E-state index in [-0.39, 0.29) is 5.91 Å². The molecule has 1 aromatic carbocycles. The summed E-state index contributed by atoms with van der Waals surface area (Å²) in [5.41, 5.74) is -0.640. The van der Waals surface area contributed by atoms with Crippen LogP contribution >= 0.6 is 24.0 Å². The number of carbonyl (C=O) groups is 1. The van der Waals surface area contributed by atoms with Crippen molar-refractivity contribution >= 4 is 34.2 Å². The molecule has 20 heavy (non-hydrogen) atoms. The highest BCUT2D eigenvalue weighted by Crippen LogP contribution is 2.39. The molecule has 1 unspecified atom stereocenters. The number of halogens is 3. The summed E-state index contributed by atoms with van der Waals surface area (Å²) >= 11 is 6.18. The third-order valence-electron chi connectivity index (χ3n) is 3.30. The van der Waals surface area contributed by atoms with E-state index in [4.69, 9.17) is 12.2 Å². The van der Waals surface area contributed by atoms with Crippen molar-refractivity contribution in [1.82, 2.24) is 5.32 Å². The fraction of sp³-hybridized carbons (Fsp3) is 0.385. The normalized spacial score (nSPS) is 20.1. The summed E-state index contributed by atoms with van der Waals surface area (Å²) in [6.45, 7) is 3.64. The fourth-order valence-corrected chi connectivity index (χ4v) is 3.43. The van der Waals surface area contributed by atoms with E-state index in [0.29, 0.717) is 9.88 Å². The summed E-state index contributed by atoms with van der Waals surface area (Å²) in [5.74, 6) is -0.204. The molecule has 7 heteroatoms. The number of amides is 1. The number of benzene rings is 1. The molecule has 0 aliphatic carbocycles. The van der Waals surface area contributed by atoms with E-state index < -0.39 is 22.4 Å². The second kappa shape index (κ2) is 5.04. The molecule has 1 saturated heterocycles. The van der Waals surface area contributed by atoms with E-state index in [1.807, 2.05) is 13.8 Å². The molecule has 1 aliphatic heterocycles. The summed E-state index contributed by atoms with van der Waals surface area (Å²) in [7, 11) is 0. The minimum atomic E-state index is -4.36. The van der Waals surface area contributed by atoms with Gasteiger partial charge in [0.1, 0.15) is 4.32 Å². The zero-order chi connectivity index (χ0) is 15.1. The number of hydrogen-bond acceptors (Lipinski definition) is 3. The number of thiocarbonyl (C=S) groups is 1. The molecule has 1 aromatic rings. The molecule has 1 atom stereocenters. The number of nitrogens with one attached hydrogen (secondary N) is 1. The standard InChI is InChI=1S/C13H12F3NOS2/c1-12(2,9-10(18)17-11(19)20-9)7-3-5-8(6-4-7)13(14,15)16/h3-6,9H,1-2H3,(H,17,18,19). The van der Waals surface area contributed by atoms with Crippen LogP contribution in [0.25, 0.3) is 0 Å².